The Bertz CT molecular complexity index is 614. The van der Waals surface area contributed by atoms with E-state index in [2.05, 4.69) is 5.32 Å². The van der Waals surface area contributed by atoms with Crippen molar-refractivity contribution >= 4 is 11.4 Å². The Balaban J connectivity index is 1.95. The summed E-state index contributed by atoms with van der Waals surface area (Å²) in [5.74, 6) is 0.504. The molecule has 0 saturated heterocycles. The Morgan fingerprint density at radius 2 is 2.00 bits per heavy atom. The minimum Gasteiger partial charge on any atom is -0.492 e. The lowest BCUT2D eigenvalue weighted by molar-refractivity contribution is 0.342. The summed E-state index contributed by atoms with van der Waals surface area (Å²) in [7, 11) is 0. The van der Waals surface area contributed by atoms with Crippen molar-refractivity contribution in [1.82, 2.24) is 0 Å². The molecule has 0 radical (unpaired) electrons. The third-order valence-corrected chi connectivity index (χ3v) is 3.34. The molecule has 3 nitrogen and oxygen atoms in total. The van der Waals surface area contributed by atoms with Crippen molar-refractivity contribution in [3.05, 3.63) is 53.3 Å². The number of nitrogens with two attached hydrogens (primary N) is 1. The van der Waals surface area contributed by atoms with Gasteiger partial charge in [0.1, 0.15) is 11.6 Å². The van der Waals surface area contributed by atoms with E-state index in [-0.39, 0.29) is 5.82 Å². The van der Waals surface area contributed by atoms with Crippen molar-refractivity contribution in [3.8, 4) is 5.75 Å². The molecule has 0 spiro atoms. The van der Waals surface area contributed by atoms with Gasteiger partial charge in [-0.3, -0.25) is 0 Å². The molecule has 0 aliphatic carbocycles. The molecule has 3 N–H and O–H groups in total. The van der Waals surface area contributed by atoms with Crippen LogP contribution in [0.2, 0.25) is 0 Å². The van der Waals surface area contributed by atoms with Crippen LogP contribution in [0, 0.1) is 12.7 Å². The summed E-state index contributed by atoms with van der Waals surface area (Å²) >= 11 is 0. The smallest absolute Gasteiger partial charge is 0.144 e. The van der Waals surface area contributed by atoms with E-state index >= 15 is 0 Å². The van der Waals surface area contributed by atoms with Crippen LogP contribution < -0.4 is 15.8 Å². The molecule has 4 heteroatoms. The third kappa shape index (κ3) is 4.12. The fraction of sp³-hybridized carbons (Fsp3) is 0.294. The molecule has 0 unspecified atom stereocenters. The summed E-state index contributed by atoms with van der Waals surface area (Å²) in [5.41, 5.74) is 9.56. The first-order valence-corrected chi connectivity index (χ1v) is 7.11. The van der Waals surface area contributed by atoms with E-state index in [1.807, 2.05) is 38.1 Å². The molecule has 0 fully saturated rings. The molecule has 0 aromatic heterocycles. The predicted octanol–water partition coefficient (Wildman–Crippen LogP) is 3.77. The van der Waals surface area contributed by atoms with Crippen LogP contribution in [-0.4, -0.2) is 13.2 Å². The zero-order chi connectivity index (χ0) is 15.2. The number of hydrogen-bond donors (Lipinski definition) is 2. The zero-order valence-corrected chi connectivity index (χ0v) is 12.4. The van der Waals surface area contributed by atoms with Crippen molar-refractivity contribution in [2.45, 2.75) is 20.3 Å². The van der Waals surface area contributed by atoms with Crippen molar-refractivity contribution in [1.29, 1.82) is 0 Å². The van der Waals surface area contributed by atoms with E-state index in [9.17, 15) is 4.39 Å². The Labute approximate surface area is 124 Å². The van der Waals surface area contributed by atoms with Crippen LogP contribution in [-0.2, 0) is 6.42 Å². The van der Waals surface area contributed by atoms with E-state index in [4.69, 9.17) is 10.5 Å². The molecule has 2 rings (SSSR count). The first-order valence-electron chi connectivity index (χ1n) is 7.11. The van der Waals surface area contributed by atoms with E-state index in [0.717, 1.165) is 29.8 Å². The van der Waals surface area contributed by atoms with Gasteiger partial charge in [-0.05, 0) is 55.7 Å². The normalized spacial score (nSPS) is 10.4. The summed E-state index contributed by atoms with van der Waals surface area (Å²) in [6.45, 7) is 5.20. The number of rotatable bonds is 6. The molecule has 0 aliphatic rings. The third-order valence-electron chi connectivity index (χ3n) is 3.34. The van der Waals surface area contributed by atoms with Crippen LogP contribution in [0.5, 0.6) is 5.75 Å². The number of nitrogens with one attached hydrogen (secondary N) is 1. The van der Waals surface area contributed by atoms with Crippen LogP contribution in [0.15, 0.2) is 36.4 Å². The zero-order valence-electron chi connectivity index (χ0n) is 12.4. The van der Waals surface area contributed by atoms with Crippen molar-refractivity contribution in [2.75, 3.05) is 24.2 Å². The summed E-state index contributed by atoms with van der Waals surface area (Å²) in [6.07, 6.45) is 0.834. The maximum atomic E-state index is 13.0. The molecule has 2 aromatic carbocycles. The van der Waals surface area contributed by atoms with Gasteiger partial charge in [-0.1, -0.05) is 6.07 Å². The number of nitrogen functional groups attached to an aromatic ring is 1. The average Bonchev–Trinajstić information content (AvgIpc) is 2.45. The van der Waals surface area contributed by atoms with Gasteiger partial charge in [0.25, 0.3) is 0 Å². The van der Waals surface area contributed by atoms with Gasteiger partial charge in [-0.2, -0.15) is 0 Å². The second-order valence-corrected chi connectivity index (χ2v) is 4.93. The molecule has 0 amide bonds. The van der Waals surface area contributed by atoms with Gasteiger partial charge in [-0.15, -0.1) is 0 Å². The molecular formula is C17H21FN2O. The van der Waals surface area contributed by atoms with E-state index in [1.165, 1.54) is 6.07 Å². The number of hydrogen-bond acceptors (Lipinski definition) is 3. The van der Waals surface area contributed by atoms with Crippen molar-refractivity contribution < 1.29 is 9.13 Å². The summed E-state index contributed by atoms with van der Waals surface area (Å²) in [4.78, 5) is 0. The Kier molecular flexibility index (Phi) is 5.04. The topological polar surface area (TPSA) is 47.3 Å². The standard InChI is InChI=1S/C17H21FN2O/c1-3-21-17-11-15(6-7-16(17)19)20-9-8-13-4-5-14(18)10-12(13)2/h4-7,10-11,20H,3,8-9,19H2,1-2H3. The lowest BCUT2D eigenvalue weighted by Crippen LogP contribution is -2.07. The van der Waals surface area contributed by atoms with Gasteiger partial charge in [-0.25, -0.2) is 4.39 Å². The van der Waals surface area contributed by atoms with Crippen molar-refractivity contribution in [2.24, 2.45) is 0 Å². The van der Waals surface area contributed by atoms with Crippen LogP contribution in [0.25, 0.3) is 0 Å². The fourth-order valence-corrected chi connectivity index (χ4v) is 2.21. The number of aryl methyl sites for hydroxylation is 1. The van der Waals surface area contributed by atoms with Crippen molar-refractivity contribution in [3.63, 3.8) is 0 Å². The van der Waals surface area contributed by atoms with Gasteiger partial charge in [0.2, 0.25) is 0 Å². The first-order chi connectivity index (χ1) is 10.1. The summed E-state index contributed by atoms with van der Waals surface area (Å²) in [6, 6.07) is 10.5. The Morgan fingerprint density at radius 1 is 1.19 bits per heavy atom. The Morgan fingerprint density at radius 3 is 2.71 bits per heavy atom. The largest absolute Gasteiger partial charge is 0.492 e. The number of halogens is 1. The molecule has 21 heavy (non-hydrogen) atoms. The molecule has 0 atom stereocenters. The fourth-order valence-electron chi connectivity index (χ4n) is 2.21. The number of benzene rings is 2. The minimum absolute atomic E-state index is 0.191. The lowest BCUT2D eigenvalue weighted by Gasteiger charge is -2.12. The van der Waals surface area contributed by atoms with Crippen LogP contribution in [0.4, 0.5) is 15.8 Å². The number of anilines is 2. The van der Waals surface area contributed by atoms with E-state index < -0.39 is 0 Å². The van der Waals surface area contributed by atoms with Gasteiger partial charge in [0.15, 0.2) is 0 Å². The average molecular weight is 288 g/mol. The van der Waals surface area contributed by atoms with Crippen LogP contribution in [0.1, 0.15) is 18.1 Å². The maximum absolute atomic E-state index is 13.0. The van der Waals surface area contributed by atoms with Gasteiger partial charge < -0.3 is 15.8 Å². The summed E-state index contributed by atoms with van der Waals surface area (Å²) in [5, 5.41) is 3.33. The predicted molar refractivity (Wildman–Crippen MR) is 85.4 cm³/mol. The second kappa shape index (κ2) is 6.97. The molecule has 112 valence electrons. The lowest BCUT2D eigenvalue weighted by atomic mass is 10.1. The highest BCUT2D eigenvalue weighted by molar-refractivity contribution is 5.61. The second-order valence-electron chi connectivity index (χ2n) is 4.93. The van der Waals surface area contributed by atoms with Crippen LogP contribution >= 0.6 is 0 Å². The molecular weight excluding hydrogens is 267 g/mol. The number of ether oxygens (including phenoxy) is 1. The highest BCUT2D eigenvalue weighted by Gasteiger charge is 2.03. The molecule has 0 aliphatic heterocycles. The maximum Gasteiger partial charge on any atom is 0.144 e. The first kappa shape index (κ1) is 15.2. The highest BCUT2D eigenvalue weighted by Crippen LogP contribution is 2.25. The van der Waals surface area contributed by atoms with Gasteiger partial charge in [0, 0.05) is 18.3 Å². The van der Waals surface area contributed by atoms with Crippen LogP contribution in [0.3, 0.4) is 0 Å². The van der Waals surface area contributed by atoms with E-state index in [0.29, 0.717) is 18.0 Å². The SMILES string of the molecule is CCOc1cc(NCCc2ccc(F)cc2C)ccc1N. The van der Waals surface area contributed by atoms with Gasteiger partial charge in [0.05, 0.1) is 12.3 Å². The van der Waals surface area contributed by atoms with E-state index in [1.54, 1.807) is 6.07 Å². The molecule has 0 saturated carbocycles. The van der Waals surface area contributed by atoms with Gasteiger partial charge >= 0.3 is 0 Å². The summed E-state index contributed by atoms with van der Waals surface area (Å²) < 4.78 is 18.5. The quantitative estimate of drug-likeness (QED) is 0.795. The highest BCUT2D eigenvalue weighted by atomic mass is 19.1. The molecule has 0 bridgehead atoms. The minimum atomic E-state index is -0.191. The molecule has 2 aromatic rings. The Hall–Kier alpha value is -2.23. The monoisotopic (exact) mass is 288 g/mol. The molecule has 0 heterocycles.